The topological polar surface area (TPSA) is 66.3 Å². The van der Waals surface area contributed by atoms with Gasteiger partial charge in [0.25, 0.3) is 0 Å². The van der Waals surface area contributed by atoms with Gasteiger partial charge in [-0.3, -0.25) is 4.79 Å². The predicted molar refractivity (Wildman–Crippen MR) is 54.9 cm³/mol. The lowest BCUT2D eigenvalue weighted by molar-refractivity contribution is -0.187. The number of rotatable bonds is 2. The van der Waals surface area contributed by atoms with Crippen molar-refractivity contribution in [3.8, 4) is 0 Å². The average molecular weight is 279 g/mol. The zero-order valence-corrected chi connectivity index (χ0v) is 9.43. The first-order valence-corrected chi connectivity index (χ1v) is 5.31. The molecule has 0 amide bonds. The van der Waals surface area contributed by atoms with Gasteiger partial charge in [0.1, 0.15) is 0 Å². The fraction of sp³-hybridized carbons (Fsp3) is 0.500. The van der Waals surface area contributed by atoms with Crippen molar-refractivity contribution in [3.05, 3.63) is 18.2 Å². The van der Waals surface area contributed by atoms with Gasteiger partial charge in [-0.2, -0.15) is 13.2 Å². The number of aliphatic carboxylic acids is 1. The van der Waals surface area contributed by atoms with Gasteiger partial charge in [-0.15, -0.1) is 0 Å². The van der Waals surface area contributed by atoms with Gasteiger partial charge in [0.2, 0.25) is 5.95 Å². The van der Waals surface area contributed by atoms with E-state index in [1.54, 1.807) is 0 Å². The SMILES string of the molecule is O=C(O)[C@H]1CN(c2ncc(F)cn2)C[C@@H]1C(F)(F)F. The molecule has 0 saturated carbocycles. The highest BCUT2D eigenvalue weighted by Gasteiger charge is 2.53. The lowest BCUT2D eigenvalue weighted by atomic mass is 9.96. The van der Waals surface area contributed by atoms with Crippen LogP contribution in [0.25, 0.3) is 0 Å². The van der Waals surface area contributed by atoms with Gasteiger partial charge in [0, 0.05) is 13.1 Å². The molecule has 2 rings (SSSR count). The standard InChI is InChI=1S/C10H9F4N3O2/c11-5-1-15-9(16-2-5)17-3-6(8(18)19)7(4-17)10(12,13)14/h1-2,6-7H,3-4H2,(H,18,19)/t6-,7-/m0/s1. The fourth-order valence-corrected chi connectivity index (χ4v) is 2.02. The Kier molecular flexibility index (Phi) is 3.29. The van der Waals surface area contributed by atoms with Crippen LogP contribution in [-0.2, 0) is 4.79 Å². The number of carboxylic acids is 1. The largest absolute Gasteiger partial charge is 0.481 e. The predicted octanol–water partition coefficient (Wildman–Crippen LogP) is 1.31. The molecule has 2 atom stereocenters. The molecule has 2 heterocycles. The third-order valence-electron chi connectivity index (χ3n) is 2.95. The molecule has 0 radical (unpaired) electrons. The summed E-state index contributed by atoms with van der Waals surface area (Å²) in [5.74, 6) is -5.91. The Morgan fingerprint density at radius 2 is 1.89 bits per heavy atom. The van der Waals surface area contributed by atoms with Crippen LogP contribution in [0.15, 0.2) is 12.4 Å². The zero-order valence-electron chi connectivity index (χ0n) is 9.43. The molecule has 0 aromatic carbocycles. The van der Waals surface area contributed by atoms with Gasteiger partial charge in [-0.1, -0.05) is 0 Å². The average Bonchev–Trinajstić information content (AvgIpc) is 2.74. The molecule has 0 bridgehead atoms. The summed E-state index contributed by atoms with van der Waals surface area (Å²) in [5.41, 5.74) is 0. The van der Waals surface area contributed by atoms with E-state index in [0.717, 1.165) is 17.3 Å². The summed E-state index contributed by atoms with van der Waals surface area (Å²) in [6, 6.07) is 0. The van der Waals surface area contributed by atoms with Crippen molar-refractivity contribution in [2.45, 2.75) is 6.18 Å². The van der Waals surface area contributed by atoms with E-state index in [1.165, 1.54) is 0 Å². The number of aromatic nitrogens is 2. The van der Waals surface area contributed by atoms with Gasteiger partial charge >= 0.3 is 12.1 Å². The molecule has 1 saturated heterocycles. The van der Waals surface area contributed by atoms with Crippen LogP contribution in [0.2, 0.25) is 0 Å². The second-order valence-electron chi connectivity index (χ2n) is 4.20. The van der Waals surface area contributed by atoms with Gasteiger partial charge in [0.15, 0.2) is 5.82 Å². The monoisotopic (exact) mass is 279 g/mol. The molecule has 1 aliphatic rings. The second kappa shape index (κ2) is 4.63. The van der Waals surface area contributed by atoms with Crippen molar-refractivity contribution in [1.29, 1.82) is 0 Å². The molecule has 104 valence electrons. The Labute approximate surface area is 104 Å². The van der Waals surface area contributed by atoms with Crippen LogP contribution in [0.1, 0.15) is 0 Å². The summed E-state index contributed by atoms with van der Waals surface area (Å²) >= 11 is 0. The number of alkyl halides is 3. The van der Waals surface area contributed by atoms with E-state index < -0.39 is 36.3 Å². The minimum atomic E-state index is -4.61. The third-order valence-corrected chi connectivity index (χ3v) is 2.95. The van der Waals surface area contributed by atoms with Crippen LogP contribution in [0.5, 0.6) is 0 Å². The molecule has 19 heavy (non-hydrogen) atoms. The van der Waals surface area contributed by atoms with Crippen LogP contribution in [0.3, 0.4) is 0 Å². The van der Waals surface area contributed by atoms with Crippen LogP contribution in [-0.4, -0.2) is 40.3 Å². The first kappa shape index (κ1) is 13.5. The Hall–Kier alpha value is -1.93. The maximum Gasteiger partial charge on any atom is 0.394 e. The van der Waals surface area contributed by atoms with Crippen molar-refractivity contribution in [1.82, 2.24) is 9.97 Å². The van der Waals surface area contributed by atoms with Crippen molar-refractivity contribution in [2.75, 3.05) is 18.0 Å². The van der Waals surface area contributed by atoms with Gasteiger partial charge in [-0.05, 0) is 0 Å². The molecular weight excluding hydrogens is 270 g/mol. The van der Waals surface area contributed by atoms with Crippen molar-refractivity contribution < 1.29 is 27.5 Å². The first-order chi connectivity index (χ1) is 8.79. The smallest absolute Gasteiger partial charge is 0.394 e. The number of nitrogens with zero attached hydrogens (tertiary/aromatic N) is 3. The number of hydrogen-bond acceptors (Lipinski definition) is 4. The Bertz CT molecular complexity index is 477. The molecule has 0 spiro atoms. The van der Waals surface area contributed by atoms with E-state index in [2.05, 4.69) is 9.97 Å². The van der Waals surface area contributed by atoms with E-state index in [4.69, 9.17) is 5.11 Å². The molecular formula is C10H9F4N3O2. The highest BCUT2D eigenvalue weighted by molar-refractivity contribution is 5.72. The van der Waals surface area contributed by atoms with Crippen LogP contribution in [0, 0.1) is 17.7 Å². The first-order valence-electron chi connectivity index (χ1n) is 5.31. The third kappa shape index (κ3) is 2.74. The molecule has 9 heteroatoms. The van der Waals surface area contributed by atoms with Crippen molar-refractivity contribution >= 4 is 11.9 Å². The van der Waals surface area contributed by atoms with E-state index in [0.29, 0.717) is 0 Å². The van der Waals surface area contributed by atoms with E-state index in [-0.39, 0.29) is 12.5 Å². The molecule has 1 aromatic heterocycles. The Morgan fingerprint density at radius 1 is 1.32 bits per heavy atom. The summed E-state index contributed by atoms with van der Waals surface area (Å²) in [6.07, 6.45) is -2.98. The van der Waals surface area contributed by atoms with Gasteiger partial charge in [-0.25, -0.2) is 14.4 Å². The molecule has 1 aliphatic heterocycles. The number of halogens is 4. The summed E-state index contributed by atoms with van der Waals surface area (Å²) in [5, 5.41) is 8.83. The zero-order chi connectivity index (χ0) is 14.2. The molecule has 0 unspecified atom stereocenters. The summed E-state index contributed by atoms with van der Waals surface area (Å²) < 4.78 is 50.8. The molecule has 0 aliphatic carbocycles. The van der Waals surface area contributed by atoms with E-state index in [9.17, 15) is 22.4 Å². The quantitative estimate of drug-likeness (QED) is 0.827. The van der Waals surface area contributed by atoms with Crippen LogP contribution in [0.4, 0.5) is 23.5 Å². The summed E-state index contributed by atoms with van der Waals surface area (Å²) in [6.45, 7) is -0.906. The minimum absolute atomic E-state index is 0.112. The number of anilines is 1. The summed E-state index contributed by atoms with van der Waals surface area (Å²) in [7, 11) is 0. The van der Waals surface area contributed by atoms with Crippen molar-refractivity contribution in [2.24, 2.45) is 11.8 Å². The van der Waals surface area contributed by atoms with Crippen LogP contribution < -0.4 is 4.90 Å². The molecule has 5 nitrogen and oxygen atoms in total. The highest BCUT2D eigenvalue weighted by Crippen LogP contribution is 2.38. The number of carbonyl (C=O) groups is 1. The molecule has 1 fully saturated rings. The normalized spacial score (nSPS) is 23.7. The summed E-state index contributed by atoms with van der Waals surface area (Å²) in [4.78, 5) is 19.1. The maximum atomic E-state index is 12.7. The number of hydrogen-bond donors (Lipinski definition) is 1. The van der Waals surface area contributed by atoms with Crippen molar-refractivity contribution in [3.63, 3.8) is 0 Å². The van der Waals surface area contributed by atoms with E-state index in [1.807, 2.05) is 0 Å². The molecule has 1 N–H and O–H groups in total. The maximum absolute atomic E-state index is 12.7. The van der Waals surface area contributed by atoms with Crippen LogP contribution >= 0.6 is 0 Å². The van der Waals surface area contributed by atoms with Gasteiger partial charge < -0.3 is 10.0 Å². The Balaban J connectivity index is 2.23. The lowest BCUT2D eigenvalue weighted by Crippen LogP contribution is -2.33. The molecule has 1 aromatic rings. The lowest BCUT2D eigenvalue weighted by Gasteiger charge is -2.18. The fourth-order valence-electron chi connectivity index (χ4n) is 2.02. The van der Waals surface area contributed by atoms with E-state index >= 15 is 0 Å². The second-order valence-corrected chi connectivity index (χ2v) is 4.20. The number of carboxylic acid groups (broad SMARTS) is 1. The highest BCUT2D eigenvalue weighted by atomic mass is 19.4. The minimum Gasteiger partial charge on any atom is -0.481 e. The van der Waals surface area contributed by atoms with Gasteiger partial charge in [0.05, 0.1) is 24.2 Å². The Morgan fingerprint density at radius 3 is 2.32 bits per heavy atom.